The van der Waals surface area contributed by atoms with Crippen LogP contribution in [0.1, 0.15) is 58.9 Å². The van der Waals surface area contributed by atoms with Crippen LogP contribution in [0.2, 0.25) is 0 Å². The van der Waals surface area contributed by atoms with E-state index in [0.29, 0.717) is 45.1 Å². The van der Waals surface area contributed by atoms with Crippen LogP contribution in [0.15, 0.2) is 30.3 Å². The Labute approximate surface area is 231 Å². The Bertz CT molecular complexity index is 912. The molecule has 0 aromatic heterocycles. The predicted octanol–water partition coefficient (Wildman–Crippen LogP) is 2.98. The smallest absolute Gasteiger partial charge is 0.408 e. The highest BCUT2D eigenvalue weighted by Gasteiger charge is 2.30. The maximum atomic E-state index is 13.3. The predicted molar refractivity (Wildman–Crippen MR) is 146 cm³/mol. The van der Waals surface area contributed by atoms with Crippen molar-refractivity contribution < 1.29 is 33.4 Å². The average molecular weight is 549 g/mol. The van der Waals surface area contributed by atoms with Crippen LogP contribution < -0.4 is 16.0 Å². The van der Waals surface area contributed by atoms with Gasteiger partial charge in [0.2, 0.25) is 5.91 Å². The van der Waals surface area contributed by atoms with E-state index < -0.39 is 23.8 Å². The summed E-state index contributed by atoms with van der Waals surface area (Å²) >= 11 is 0. The quantitative estimate of drug-likeness (QED) is 0.195. The Balaban J connectivity index is 1.75. The van der Waals surface area contributed by atoms with Crippen LogP contribution in [0.3, 0.4) is 0 Å². The van der Waals surface area contributed by atoms with Crippen molar-refractivity contribution >= 4 is 24.1 Å². The summed E-state index contributed by atoms with van der Waals surface area (Å²) in [6.45, 7) is 9.58. The number of amides is 3. The van der Waals surface area contributed by atoms with Crippen molar-refractivity contribution in [1.82, 2.24) is 20.9 Å². The molecule has 1 fully saturated rings. The number of alkyl carbamates (subject to hydrolysis) is 2. The number of piperidine rings is 1. The van der Waals surface area contributed by atoms with Gasteiger partial charge in [-0.25, -0.2) is 9.59 Å². The molecule has 0 unspecified atom stereocenters. The molecule has 1 heterocycles. The first-order valence-corrected chi connectivity index (χ1v) is 13.6. The van der Waals surface area contributed by atoms with E-state index in [1.165, 1.54) is 6.92 Å². The highest BCUT2D eigenvalue weighted by molar-refractivity contribution is 5.86. The minimum Gasteiger partial charge on any atom is -0.466 e. The first-order valence-electron chi connectivity index (χ1n) is 13.6. The van der Waals surface area contributed by atoms with Gasteiger partial charge in [-0.1, -0.05) is 30.3 Å². The molecule has 0 spiro atoms. The van der Waals surface area contributed by atoms with E-state index in [9.17, 15) is 19.2 Å². The second kappa shape index (κ2) is 16.6. The number of hydrogen-bond donors (Lipinski definition) is 3. The lowest BCUT2D eigenvalue weighted by Crippen LogP contribution is -2.55. The summed E-state index contributed by atoms with van der Waals surface area (Å²) in [6.07, 6.45) is 1.87. The molecule has 3 amide bonds. The molecule has 0 bridgehead atoms. The molecule has 11 nitrogen and oxygen atoms in total. The minimum absolute atomic E-state index is 0.172. The molecule has 1 atom stereocenters. The van der Waals surface area contributed by atoms with Crippen molar-refractivity contribution in [3.05, 3.63) is 35.9 Å². The number of carbonyl (C=O) groups excluding carboxylic acids is 4. The Kier molecular flexibility index (Phi) is 13.6. The Morgan fingerprint density at radius 3 is 2.33 bits per heavy atom. The standard InChI is InChI=1S/C28H44N4O7/c1-21(33)37-18-13-22-11-16-32(17-12-22)25(34)24(31-27(36)39-28(2,3)4)19-29-14-8-15-30-26(35)38-20-23-9-6-5-7-10-23/h5-7,9-10,22,24,29H,8,11-20H2,1-4H3,(H,30,35)(H,31,36)/t24-/m0/s1. The zero-order chi connectivity index (χ0) is 28.7. The first kappa shape index (κ1) is 31.9. The zero-order valence-electron chi connectivity index (χ0n) is 23.6. The third-order valence-electron chi connectivity index (χ3n) is 6.11. The molecular formula is C28H44N4O7. The van der Waals surface area contributed by atoms with Gasteiger partial charge < -0.3 is 35.1 Å². The number of rotatable bonds is 13. The normalized spacial score (nSPS) is 14.7. The molecule has 2 rings (SSSR count). The van der Waals surface area contributed by atoms with Gasteiger partial charge in [-0.15, -0.1) is 0 Å². The highest BCUT2D eigenvalue weighted by atomic mass is 16.6. The fraction of sp³-hybridized carbons (Fsp3) is 0.643. The number of nitrogens with one attached hydrogen (secondary N) is 3. The third-order valence-corrected chi connectivity index (χ3v) is 6.11. The fourth-order valence-electron chi connectivity index (χ4n) is 4.11. The molecule has 39 heavy (non-hydrogen) atoms. The Hall–Kier alpha value is -3.34. The lowest BCUT2D eigenvalue weighted by atomic mass is 9.93. The molecular weight excluding hydrogens is 504 g/mol. The summed E-state index contributed by atoms with van der Waals surface area (Å²) in [4.78, 5) is 50.3. The van der Waals surface area contributed by atoms with Crippen LogP contribution in [0.5, 0.6) is 0 Å². The van der Waals surface area contributed by atoms with Crippen LogP contribution in [-0.2, 0) is 30.4 Å². The van der Waals surface area contributed by atoms with E-state index in [1.54, 1.807) is 25.7 Å². The number of carbonyl (C=O) groups is 4. The number of nitrogens with zero attached hydrogens (tertiary/aromatic N) is 1. The molecule has 1 aromatic carbocycles. The number of benzene rings is 1. The van der Waals surface area contributed by atoms with Crippen LogP contribution in [0.4, 0.5) is 9.59 Å². The maximum absolute atomic E-state index is 13.3. The van der Waals surface area contributed by atoms with Gasteiger partial charge in [-0.2, -0.15) is 0 Å². The van der Waals surface area contributed by atoms with Crippen molar-refractivity contribution in [3.63, 3.8) is 0 Å². The molecule has 3 N–H and O–H groups in total. The average Bonchev–Trinajstić information content (AvgIpc) is 2.88. The van der Waals surface area contributed by atoms with Gasteiger partial charge in [0.1, 0.15) is 18.2 Å². The van der Waals surface area contributed by atoms with Crippen molar-refractivity contribution in [3.8, 4) is 0 Å². The zero-order valence-corrected chi connectivity index (χ0v) is 23.6. The van der Waals surface area contributed by atoms with E-state index in [0.717, 1.165) is 24.8 Å². The summed E-state index contributed by atoms with van der Waals surface area (Å²) in [5.41, 5.74) is 0.223. The lowest BCUT2D eigenvalue weighted by molar-refractivity contribution is -0.141. The van der Waals surface area contributed by atoms with E-state index in [1.807, 2.05) is 30.3 Å². The van der Waals surface area contributed by atoms with Gasteiger partial charge >= 0.3 is 18.2 Å². The largest absolute Gasteiger partial charge is 0.466 e. The second-order valence-electron chi connectivity index (χ2n) is 10.6. The van der Waals surface area contributed by atoms with Crippen molar-refractivity contribution in [2.75, 3.05) is 39.3 Å². The Morgan fingerprint density at radius 2 is 1.69 bits per heavy atom. The van der Waals surface area contributed by atoms with Crippen LogP contribution in [0, 0.1) is 5.92 Å². The molecule has 1 aliphatic heterocycles. The number of ether oxygens (including phenoxy) is 3. The van der Waals surface area contributed by atoms with Crippen molar-refractivity contribution in [1.29, 1.82) is 0 Å². The first-order chi connectivity index (χ1) is 18.5. The van der Waals surface area contributed by atoms with Crippen LogP contribution in [-0.4, -0.2) is 79.9 Å². The van der Waals surface area contributed by atoms with Gasteiger partial charge in [0, 0.05) is 33.1 Å². The molecule has 0 saturated carbocycles. The van der Waals surface area contributed by atoms with Crippen molar-refractivity contribution in [2.45, 2.75) is 71.6 Å². The SMILES string of the molecule is CC(=O)OCCC1CCN(C(=O)[C@H](CNCCCNC(=O)OCc2ccccc2)NC(=O)OC(C)(C)C)CC1. The molecule has 11 heteroatoms. The van der Waals surface area contributed by atoms with E-state index in [4.69, 9.17) is 14.2 Å². The summed E-state index contributed by atoms with van der Waals surface area (Å²) in [7, 11) is 0. The lowest BCUT2D eigenvalue weighted by Gasteiger charge is -2.34. The second-order valence-corrected chi connectivity index (χ2v) is 10.6. The minimum atomic E-state index is -0.791. The molecule has 1 aliphatic rings. The summed E-state index contributed by atoms with van der Waals surface area (Å²) in [5, 5.41) is 8.61. The fourth-order valence-corrected chi connectivity index (χ4v) is 4.11. The van der Waals surface area contributed by atoms with E-state index in [2.05, 4.69) is 16.0 Å². The van der Waals surface area contributed by atoms with Gasteiger partial charge in [-0.3, -0.25) is 9.59 Å². The van der Waals surface area contributed by atoms with Gasteiger partial charge in [-0.05, 0) is 64.5 Å². The topological polar surface area (TPSA) is 135 Å². The van der Waals surface area contributed by atoms with E-state index >= 15 is 0 Å². The van der Waals surface area contributed by atoms with Crippen LogP contribution >= 0.6 is 0 Å². The van der Waals surface area contributed by atoms with Gasteiger partial charge in [0.25, 0.3) is 0 Å². The molecule has 218 valence electrons. The molecule has 0 radical (unpaired) electrons. The molecule has 1 aromatic rings. The van der Waals surface area contributed by atoms with Gasteiger partial charge in [0.15, 0.2) is 0 Å². The Morgan fingerprint density at radius 1 is 1.00 bits per heavy atom. The van der Waals surface area contributed by atoms with Crippen molar-refractivity contribution in [2.24, 2.45) is 5.92 Å². The number of hydrogen-bond acceptors (Lipinski definition) is 8. The highest BCUT2D eigenvalue weighted by Crippen LogP contribution is 2.21. The maximum Gasteiger partial charge on any atom is 0.408 e. The summed E-state index contributed by atoms with van der Waals surface area (Å²) in [5.74, 6) is -0.0740. The monoisotopic (exact) mass is 548 g/mol. The third kappa shape index (κ3) is 13.9. The van der Waals surface area contributed by atoms with Gasteiger partial charge in [0.05, 0.1) is 6.61 Å². The summed E-state index contributed by atoms with van der Waals surface area (Å²) < 4.78 is 15.6. The molecule has 0 aliphatic carbocycles. The van der Waals surface area contributed by atoms with Crippen LogP contribution in [0.25, 0.3) is 0 Å². The number of esters is 1. The molecule has 1 saturated heterocycles. The summed E-state index contributed by atoms with van der Waals surface area (Å²) in [6, 6.07) is 8.64. The number of likely N-dealkylation sites (tertiary alicyclic amines) is 1. The van der Waals surface area contributed by atoms with E-state index in [-0.39, 0.29) is 25.0 Å².